The zero-order valence-electron chi connectivity index (χ0n) is 16.1. The molecule has 3 atom stereocenters. The van der Waals surface area contributed by atoms with Crippen molar-refractivity contribution in [3.63, 3.8) is 0 Å². The quantitative estimate of drug-likeness (QED) is 0.733. The van der Waals surface area contributed by atoms with E-state index in [-0.39, 0.29) is 5.91 Å². The maximum absolute atomic E-state index is 13.2. The number of nitrogens with one attached hydrogen (secondary N) is 1. The normalized spacial score (nSPS) is 29.0. The van der Waals surface area contributed by atoms with Crippen LogP contribution in [0.4, 0.5) is 5.82 Å². The van der Waals surface area contributed by atoms with Crippen LogP contribution in [-0.4, -0.2) is 46.7 Å². The Hall–Kier alpha value is -1.51. The second-order valence-corrected chi connectivity index (χ2v) is 10.9. The number of anilines is 1. The van der Waals surface area contributed by atoms with E-state index in [2.05, 4.69) is 42.4 Å². The highest BCUT2D eigenvalue weighted by Crippen LogP contribution is 2.63. The number of thiophene rings is 1. The van der Waals surface area contributed by atoms with Crippen molar-refractivity contribution in [2.24, 2.45) is 17.3 Å². The van der Waals surface area contributed by atoms with E-state index in [4.69, 9.17) is 4.74 Å². The molecule has 152 valence electrons. The number of carbonyl (C=O) groups excluding carboxylic acids is 1. The van der Waals surface area contributed by atoms with Gasteiger partial charge in [0.25, 0.3) is 5.91 Å². The number of likely N-dealkylation sites (tertiary alicyclic amines) is 1. The van der Waals surface area contributed by atoms with E-state index in [1.54, 1.807) is 11.3 Å². The minimum atomic E-state index is 0.200. The van der Waals surface area contributed by atoms with Gasteiger partial charge in [-0.3, -0.25) is 4.79 Å². The number of aromatic nitrogens is 2. The van der Waals surface area contributed by atoms with Crippen LogP contribution < -0.4 is 5.32 Å². The summed E-state index contributed by atoms with van der Waals surface area (Å²) in [4.78, 5) is 17.5. The molecule has 6 nitrogen and oxygen atoms in total. The molecule has 3 fully saturated rings. The molecule has 2 saturated carbocycles. The molecule has 4 aliphatic rings. The van der Waals surface area contributed by atoms with Crippen LogP contribution in [-0.2, 0) is 17.8 Å². The number of fused-ring (bicyclic) bond motifs is 2. The summed E-state index contributed by atoms with van der Waals surface area (Å²) in [6.45, 7) is 3.14. The van der Waals surface area contributed by atoms with E-state index < -0.39 is 0 Å². The maximum atomic E-state index is 13.2. The maximum Gasteiger partial charge on any atom is 0.263 e. The van der Waals surface area contributed by atoms with Gasteiger partial charge in [-0.25, -0.2) is 0 Å². The smallest absolute Gasteiger partial charge is 0.263 e. The van der Waals surface area contributed by atoms with Gasteiger partial charge in [-0.2, -0.15) is 0 Å². The predicted octanol–water partition coefficient (Wildman–Crippen LogP) is 3.73. The minimum Gasteiger partial charge on any atom is -0.376 e. The fourth-order valence-corrected chi connectivity index (χ4v) is 6.98. The molecule has 1 saturated heterocycles. The number of ether oxygens (including phenoxy) is 1. The summed E-state index contributed by atoms with van der Waals surface area (Å²) in [5, 5.41) is 12.1. The van der Waals surface area contributed by atoms with E-state index in [0.717, 1.165) is 41.4 Å². The summed E-state index contributed by atoms with van der Waals surface area (Å²) in [5.74, 6) is 2.11. The van der Waals surface area contributed by atoms with Crippen molar-refractivity contribution in [2.75, 3.05) is 25.0 Å². The summed E-state index contributed by atoms with van der Waals surface area (Å²) in [6, 6.07) is 6.35. The molecule has 2 aliphatic carbocycles. The first-order valence-electron chi connectivity index (χ1n) is 10.4. The van der Waals surface area contributed by atoms with Gasteiger partial charge in [0, 0.05) is 36.3 Å². The van der Waals surface area contributed by atoms with Crippen LogP contribution in [0.2, 0.25) is 0 Å². The molecule has 1 spiro atoms. The molecule has 2 aliphatic heterocycles. The summed E-state index contributed by atoms with van der Waals surface area (Å²) in [6.07, 6.45) is 4.72. The van der Waals surface area contributed by atoms with Gasteiger partial charge >= 0.3 is 0 Å². The number of nitrogens with zero attached hydrogens (tertiary/aromatic N) is 3. The Labute approximate surface area is 182 Å². The van der Waals surface area contributed by atoms with E-state index >= 15 is 0 Å². The Kier molecular flexibility index (Phi) is 4.25. The van der Waals surface area contributed by atoms with E-state index in [1.807, 2.05) is 12.1 Å². The number of hydrogen-bond acceptors (Lipinski definition) is 6. The van der Waals surface area contributed by atoms with Crippen LogP contribution in [0, 0.1) is 17.3 Å². The molecule has 29 heavy (non-hydrogen) atoms. The van der Waals surface area contributed by atoms with Gasteiger partial charge in [-0.15, -0.1) is 21.5 Å². The summed E-state index contributed by atoms with van der Waals surface area (Å²) in [5.41, 5.74) is 1.60. The second-order valence-electron chi connectivity index (χ2n) is 8.93. The highest BCUT2D eigenvalue weighted by molar-refractivity contribution is 9.10. The van der Waals surface area contributed by atoms with Crippen molar-refractivity contribution in [1.82, 2.24) is 15.1 Å². The lowest BCUT2D eigenvalue weighted by Crippen LogP contribution is -2.37. The second kappa shape index (κ2) is 6.75. The predicted molar refractivity (Wildman–Crippen MR) is 114 cm³/mol. The molecule has 1 amide bonds. The van der Waals surface area contributed by atoms with E-state index in [0.29, 0.717) is 29.9 Å². The highest BCUT2D eigenvalue weighted by atomic mass is 79.9. The van der Waals surface area contributed by atoms with Gasteiger partial charge in [0.2, 0.25) is 0 Å². The SMILES string of the molecule is O=C(c1cc2c(s1)CCOC2)N1C[C@@H]2CC3(CC3)[C@@H](Nc3ccc(Br)nn3)[C@@H]2C1. The Balaban J connectivity index is 1.20. The molecule has 0 unspecified atom stereocenters. The fraction of sp³-hybridized carbons (Fsp3) is 0.571. The molecule has 0 aromatic carbocycles. The lowest BCUT2D eigenvalue weighted by Gasteiger charge is -2.27. The van der Waals surface area contributed by atoms with E-state index in [1.165, 1.54) is 29.7 Å². The molecule has 0 radical (unpaired) electrons. The van der Waals surface area contributed by atoms with Crippen molar-refractivity contribution < 1.29 is 9.53 Å². The van der Waals surface area contributed by atoms with Gasteiger partial charge in [-0.05, 0) is 70.3 Å². The van der Waals surface area contributed by atoms with Gasteiger partial charge in [0.15, 0.2) is 0 Å². The van der Waals surface area contributed by atoms with Crippen LogP contribution in [0.3, 0.4) is 0 Å². The first-order chi connectivity index (χ1) is 14.1. The lowest BCUT2D eigenvalue weighted by atomic mass is 9.94. The Morgan fingerprint density at radius 2 is 2.21 bits per heavy atom. The van der Waals surface area contributed by atoms with Gasteiger partial charge < -0.3 is 15.0 Å². The summed E-state index contributed by atoms with van der Waals surface area (Å²) >= 11 is 5.02. The zero-order chi connectivity index (χ0) is 19.6. The molecule has 0 bridgehead atoms. The fourth-order valence-electron chi connectivity index (χ4n) is 5.66. The Morgan fingerprint density at radius 1 is 1.31 bits per heavy atom. The van der Waals surface area contributed by atoms with Gasteiger partial charge in [-0.1, -0.05) is 0 Å². The molecule has 4 heterocycles. The standard InChI is InChI=1S/C21H23BrN4O2S/c22-17-1-2-18(25-24-17)23-19-14-10-26(9-13(14)8-21(19)4-5-21)20(27)16-7-12-11-28-6-3-15(12)29-16/h1-2,7,13-14,19H,3-6,8-11H2,(H,23,25)/t13-,14+,19-/m0/s1. The number of halogens is 1. The monoisotopic (exact) mass is 474 g/mol. The first kappa shape index (κ1) is 18.3. The van der Waals surface area contributed by atoms with Crippen LogP contribution >= 0.6 is 27.3 Å². The van der Waals surface area contributed by atoms with Crippen LogP contribution in [0.5, 0.6) is 0 Å². The van der Waals surface area contributed by atoms with Crippen LogP contribution in [0.1, 0.15) is 39.4 Å². The Bertz CT molecular complexity index is 935. The highest BCUT2D eigenvalue weighted by Gasteiger charge is 2.62. The number of carbonyl (C=O) groups is 1. The van der Waals surface area contributed by atoms with Gasteiger partial charge in [0.1, 0.15) is 10.4 Å². The van der Waals surface area contributed by atoms with E-state index in [9.17, 15) is 4.79 Å². The largest absolute Gasteiger partial charge is 0.376 e. The van der Waals surface area contributed by atoms with Crippen LogP contribution in [0.25, 0.3) is 0 Å². The molecular formula is C21H23BrN4O2S. The van der Waals surface area contributed by atoms with Crippen molar-refractivity contribution in [3.8, 4) is 0 Å². The van der Waals surface area contributed by atoms with Gasteiger partial charge in [0.05, 0.1) is 18.1 Å². The van der Waals surface area contributed by atoms with Crippen molar-refractivity contribution >= 4 is 39.0 Å². The van der Waals surface area contributed by atoms with Crippen molar-refractivity contribution in [1.29, 1.82) is 0 Å². The minimum absolute atomic E-state index is 0.200. The lowest BCUT2D eigenvalue weighted by molar-refractivity contribution is 0.0780. The topological polar surface area (TPSA) is 67.3 Å². The number of rotatable bonds is 3. The molecule has 6 rings (SSSR count). The average molecular weight is 475 g/mol. The number of hydrogen-bond donors (Lipinski definition) is 1. The van der Waals surface area contributed by atoms with Crippen molar-refractivity contribution in [3.05, 3.63) is 38.1 Å². The molecule has 8 heteroatoms. The molecule has 2 aromatic heterocycles. The summed E-state index contributed by atoms with van der Waals surface area (Å²) in [7, 11) is 0. The van der Waals surface area contributed by atoms with Crippen LogP contribution in [0.15, 0.2) is 22.8 Å². The Morgan fingerprint density at radius 3 is 2.97 bits per heavy atom. The third-order valence-electron chi connectivity index (χ3n) is 7.20. The molecular weight excluding hydrogens is 452 g/mol. The van der Waals surface area contributed by atoms with Crippen molar-refractivity contribution in [2.45, 2.75) is 38.3 Å². The third-order valence-corrected chi connectivity index (χ3v) is 8.85. The molecule has 2 aromatic rings. The molecule has 1 N–H and O–H groups in total. The first-order valence-corrected chi connectivity index (χ1v) is 12.0. The average Bonchev–Trinajstić information content (AvgIpc) is 3.08. The summed E-state index contributed by atoms with van der Waals surface area (Å²) < 4.78 is 6.29. The zero-order valence-corrected chi connectivity index (χ0v) is 18.5. The third kappa shape index (κ3) is 3.11. The number of amides is 1.